The fraction of sp³-hybridized carbons (Fsp3) is 0.388. The number of benzene rings is 4. The molecule has 4 atom stereocenters. The average Bonchev–Trinajstić information content (AvgIpc) is 3.68. The Hall–Kier alpha value is -5.74. The Labute approximate surface area is 343 Å². The molecule has 3 saturated carbocycles. The molecule has 2 spiro atoms. The molecule has 2 aromatic heterocycles. The fourth-order valence-electron chi connectivity index (χ4n) is 11.0. The highest BCUT2D eigenvalue weighted by Gasteiger charge is 2.55. The van der Waals surface area contributed by atoms with Gasteiger partial charge in [-0.1, -0.05) is 48.5 Å². The number of imidazole rings is 2. The molecule has 2 aliphatic heterocycles. The highest BCUT2D eigenvalue weighted by Crippen LogP contribution is 2.63. The number of aromatic amines is 2. The van der Waals surface area contributed by atoms with Crippen LogP contribution in [0.15, 0.2) is 91.1 Å². The average molecular weight is 785 g/mol. The van der Waals surface area contributed by atoms with E-state index in [1.165, 1.54) is 27.8 Å². The number of ether oxygens (including phenoxy) is 1. The Morgan fingerprint density at radius 2 is 1.54 bits per heavy atom. The molecule has 4 heterocycles. The van der Waals surface area contributed by atoms with Crippen molar-refractivity contribution in [3.05, 3.63) is 119 Å². The van der Waals surface area contributed by atoms with Gasteiger partial charge >= 0.3 is 12.1 Å². The van der Waals surface area contributed by atoms with Crippen molar-refractivity contribution in [3.63, 3.8) is 0 Å². The molecule has 2 N–H and O–H groups in total. The quantitative estimate of drug-likeness (QED) is 0.173. The topological polar surface area (TPSA) is 116 Å². The summed E-state index contributed by atoms with van der Waals surface area (Å²) in [5, 5.41) is 1.86. The number of hydroxylamine groups is 2. The first kappa shape index (κ1) is 35.2. The smallest absolute Gasteiger partial charge is 0.411 e. The van der Waals surface area contributed by atoms with Gasteiger partial charge in [0, 0.05) is 18.0 Å². The Bertz CT molecular complexity index is 2700. The molecule has 12 rings (SSSR count). The van der Waals surface area contributed by atoms with Crippen molar-refractivity contribution in [2.45, 2.75) is 101 Å². The lowest BCUT2D eigenvalue weighted by Crippen LogP contribution is -2.43. The maximum Gasteiger partial charge on any atom is 0.411 e. The van der Waals surface area contributed by atoms with Crippen molar-refractivity contribution < 1.29 is 19.2 Å². The van der Waals surface area contributed by atoms with Crippen LogP contribution in [0.5, 0.6) is 0 Å². The van der Waals surface area contributed by atoms with E-state index in [1.807, 2.05) is 55.1 Å². The van der Waals surface area contributed by atoms with Gasteiger partial charge in [-0.2, -0.15) is 0 Å². The Morgan fingerprint density at radius 3 is 2.29 bits per heavy atom. The van der Waals surface area contributed by atoms with Gasteiger partial charge in [0.2, 0.25) is 0 Å². The van der Waals surface area contributed by atoms with Crippen LogP contribution < -0.4 is 0 Å². The van der Waals surface area contributed by atoms with Crippen LogP contribution in [0.3, 0.4) is 0 Å². The van der Waals surface area contributed by atoms with Gasteiger partial charge in [-0.25, -0.2) is 19.6 Å². The fourth-order valence-corrected chi connectivity index (χ4v) is 11.0. The minimum Gasteiger partial charge on any atom is -0.444 e. The molecule has 10 heteroatoms. The number of nitrogens with zero attached hydrogens (tertiary/aromatic N) is 4. The molecule has 2 saturated heterocycles. The molecule has 6 aliphatic rings. The van der Waals surface area contributed by atoms with Crippen molar-refractivity contribution in [2.75, 3.05) is 6.54 Å². The molecule has 5 fully saturated rings. The van der Waals surface area contributed by atoms with Gasteiger partial charge in [-0.3, -0.25) is 4.90 Å². The van der Waals surface area contributed by atoms with Gasteiger partial charge in [0.1, 0.15) is 23.3 Å². The third kappa shape index (κ3) is 5.69. The van der Waals surface area contributed by atoms with Gasteiger partial charge in [0.25, 0.3) is 0 Å². The molecular formula is C49H48N6O4. The van der Waals surface area contributed by atoms with Gasteiger partial charge in [0.05, 0.1) is 34.5 Å². The molecule has 0 unspecified atom stereocenters. The molecule has 4 aliphatic carbocycles. The van der Waals surface area contributed by atoms with Crippen molar-refractivity contribution in [2.24, 2.45) is 11.3 Å². The second-order valence-electron chi connectivity index (χ2n) is 19.2. The van der Waals surface area contributed by atoms with Crippen molar-refractivity contribution in [3.8, 4) is 33.5 Å². The zero-order valence-corrected chi connectivity index (χ0v) is 33.8. The van der Waals surface area contributed by atoms with E-state index in [0.717, 1.165) is 97.4 Å². The maximum atomic E-state index is 13.4. The minimum atomic E-state index is -0.546. The number of hydrogen-bond acceptors (Lipinski definition) is 7. The highest BCUT2D eigenvalue weighted by molar-refractivity contribution is 5.90. The van der Waals surface area contributed by atoms with Crippen LogP contribution in [0.4, 0.5) is 4.79 Å². The van der Waals surface area contributed by atoms with Gasteiger partial charge in [-0.05, 0) is 159 Å². The third-order valence-electron chi connectivity index (χ3n) is 14.3. The Morgan fingerprint density at radius 1 is 0.814 bits per heavy atom. The summed E-state index contributed by atoms with van der Waals surface area (Å²) >= 11 is 0. The number of amides is 1. The van der Waals surface area contributed by atoms with Gasteiger partial charge < -0.3 is 19.5 Å². The zero-order valence-electron chi connectivity index (χ0n) is 33.8. The summed E-state index contributed by atoms with van der Waals surface area (Å²) in [5.41, 5.74) is 12.0. The monoisotopic (exact) mass is 784 g/mol. The Kier molecular flexibility index (Phi) is 7.40. The van der Waals surface area contributed by atoms with Crippen LogP contribution in [-0.4, -0.2) is 60.1 Å². The first-order chi connectivity index (χ1) is 28.5. The standard InChI is InChI=1S/C49H48N6O4/c1-47(2,3)58-46(57)55-33-13-9-32(21-33)42(55)44-51-38-16-12-30(24-39(38)52-44)29-10-14-34-35-15-11-31(23-37(35)49(19-20-49)36(34)22-29)40-26-50-43(53-40)41-25-48(17-18-48)27-54(41)59-45(56)28-7-5-4-6-8-28/h4-8,10-12,14-16,22-24,26,32-33,41-42H,9,13,17-21,25,27H2,1-3H3,(H,50,53)(H,51,52)/t32-,33+,41-,42-/m0/s1. The van der Waals surface area contributed by atoms with Crippen LogP contribution >= 0.6 is 0 Å². The van der Waals surface area contributed by atoms with E-state index in [0.29, 0.717) is 11.5 Å². The van der Waals surface area contributed by atoms with E-state index in [2.05, 4.69) is 64.6 Å². The predicted molar refractivity (Wildman–Crippen MR) is 224 cm³/mol. The normalized spacial score (nSPS) is 24.2. The van der Waals surface area contributed by atoms with Gasteiger partial charge in [-0.15, -0.1) is 5.06 Å². The summed E-state index contributed by atoms with van der Waals surface area (Å²) in [5.74, 6) is 1.76. The lowest BCUT2D eigenvalue weighted by molar-refractivity contribution is -0.124. The largest absolute Gasteiger partial charge is 0.444 e. The number of hydrogen-bond donors (Lipinski definition) is 2. The van der Waals surface area contributed by atoms with E-state index < -0.39 is 5.60 Å². The number of carbonyl (C=O) groups excluding carboxylic acids is 2. The van der Waals surface area contributed by atoms with E-state index >= 15 is 0 Å². The maximum absolute atomic E-state index is 13.4. The number of likely N-dealkylation sites (tertiary alicyclic amines) is 1. The molecule has 0 radical (unpaired) electrons. The van der Waals surface area contributed by atoms with Crippen molar-refractivity contribution in [1.82, 2.24) is 29.9 Å². The number of carbonyl (C=O) groups is 2. The van der Waals surface area contributed by atoms with E-state index in [4.69, 9.17) is 19.5 Å². The summed E-state index contributed by atoms with van der Waals surface area (Å²) in [6, 6.07) is 29.6. The summed E-state index contributed by atoms with van der Waals surface area (Å²) in [7, 11) is 0. The van der Waals surface area contributed by atoms with Crippen LogP contribution in [0.1, 0.15) is 117 Å². The van der Waals surface area contributed by atoms with E-state index in [-0.39, 0.29) is 41.0 Å². The van der Waals surface area contributed by atoms with E-state index in [1.54, 1.807) is 12.1 Å². The van der Waals surface area contributed by atoms with Gasteiger partial charge in [0.15, 0.2) is 0 Å². The number of piperidine rings is 1. The first-order valence-corrected chi connectivity index (χ1v) is 21.4. The summed E-state index contributed by atoms with van der Waals surface area (Å²) < 4.78 is 5.87. The second kappa shape index (κ2) is 12.4. The molecule has 10 nitrogen and oxygen atoms in total. The summed E-state index contributed by atoms with van der Waals surface area (Å²) in [4.78, 5) is 51.7. The van der Waals surface area contributed by atoms with Crippen molar-refractivity contribution in [1.29, 1.82) is 0 Å². The summed E-state index contributed by atoms with van der Waals surface area (Å²) in [6.07, 6.45) is 10.3. The highest BCUT2D eigenvalue weighted by atomic mass is 16.7. The number of H-pyrrole nitrogens is 2. The molecule has 298 valence electrons. The number of rotatable bonds is 6. The minimum absolute atomic E-state index is 0.0178. The lowest BCUT2D eigenvalue weighted by Gasteiger charge is -2.35. The number of fused-ring (bicyclic) bond motifs is 8. The van der Waals surface area contributed by atoms with E-state index in [9.17, 15) is 9.59 Å². The van der Waals surface area contributed by atoms with Crippen LogP contribution in [0.25, 0.3) is 44.5 Å². The van der Waals surface area contributed by atoms with Crippen LogP contribution in [0.2, 0.25) is 0 Å². The molecule has 6 aromatic rings. The summed E-state index contributed by atoms with van der Waals surface area (Å²) in [6.45, 7) is 6.52. The second-order valence-corrected chi connectivity index (χ2v) is 19.2. The first-order valence-electron chi connectivity index (χ1n) is 21.4. The van der Waals surface area contributed by atoms with Crippen LogP contribution in [-0.2, 0) is 15.0 Å². The predicted octanol–water partition coefficient (Wildman–Crippen LogP) is 10.4. The number of aromatic nitrogens is 4. The lowest BCUT2D eigenvalue weighted by atomic mass is 9.90. The molecular weight excluding hydrogens is 737 g/mol. The SMILES string of the molecule is CC(C)(C)OC(=O)N1[C@@H]2CC[C@@H](C2)[C@H]1c1nc2ccc(-c3ccc4c(c3)C3(CC3)c3cc(-c5cnc([C@@H]6CC7(CC7)CN6OC(=O)c6ccccc6)[nH]5)ccc3-4)cc2[nH]1. The molecule has 59 heavy (non-hydrogen) atoms. The van der Waals surface area contributed by atoms with Crippen molar-refractivity contribution >= 4 is 23.1 Å². The molecule has 4 aromatic carbocycles. The molecule has 1 amide bonds. The third-order valence-corrected chi connectivity index (χ3v) is 14.3. The zero-order chi connectivity index (χ0) is 39.8. The molecule has 2 bridgehead atoms. The van der Waals surface area contributed by atoms with Crippen LogP contribution in [0, 0.1) is 11.3 Å². The number of nitrogens with one attached hydrogen (secondary N) is 2. The Balaban J connectivity index is 0.806.